The van der Waals surface area contributed by atoms with Gasteiger partial charge in [0.2, 0.25) is 0 Å². The zero-order valence-corrected chi connectivity index (χ0v) is 20.6. The van der Waals surface area contributed by atoms with E-state index >= 15 is 0 Å². The molecule has 6 nitrogen and oxygen atoms in total. The Kier molecular flexibility index (Phi) is 7.67. The molecule has 4 rings (SSSR count). The van der Waals surface area contributed by atoms with E-state index in [-0.39, 0.29) is 5.91 Å². The number of amides is 1. The number of hydrogen-bond acceptors (Lipinski definition) is 4. The Balaban J connectivity index is 1.39. The second-order valence-corrected chi connectivity index (χ2v) is 8.58. The lowest BCUT2D eigenvalue weighted by Crippen LogP contribution is -2.17. The molecule has 1 heterocycles. The summed E-state index contributed by atoms with van der Waals surface area (Å²) in [6, 6.07) is 22.2. The number of nitrogens with one attached hydrogen (secondary N) is 1. The standard InChI is InChI=1S/C26H21BrClN3O3/c1-33-24-15-19(14-23(27)25(24)34-17-18-4-8-21(28)9-5-18)16-29-30-26(32)20-6-10-22(11-7-20)31-12-2-3-13-31/h2-16H,17H2,1H3,(H,30,32)/b29-16+. The lowest BCUT2D eigenvalue weighted by molar-refractivity contribution is 0.0955. The van der Waals surface area contributed by atoms with Crippen molar-refractivity contribution in [1.82, 2.24) is 9.99 Å². The number of methoxy groups -OCH3 is 1. The van der Waals surface area contributed by atoms with Gasteiger partial charge in [-0.3, -0.25) is 4.79 Å². The van der Waals surface area contributed by atoms with Gasteiger partial charge in [0.25, 0.3) is 5.91 Å². The minimum absolute atomic E-state index is 0.302. The third kappa shape index (κ3) is 5.87. The van der Waals surface area contributed by atoms with E-state index in [9.17, 15) is 4.79 Å². The molecule has 8 heteroatoms. The van der Waals surface area contributed by atoms with Gasteiger partial charge in [0.1, 0.15) is 6.61 Å². The van der Waals surface area contributed by atoms with Gasteiger partial charge in [0.05, 0.1) is 17.8 Å². The van der Waals surface area contributed by atoms with E-state index in [0.717, 1.165) is 16.8 Å². The summed E-state index contributed by atoms with van der Waals surface area (Å²) in [4.78, 5) is 12.4. The molecule has 0 atom stereocenters. The van der Waals surface area contributed by atoms with Gasteiger partial charge in [0.15, 0.2) is 11.5 Å². The van der Waals surface area contributed by atoms with Gasteiger partial charge in [-0.2, -0.15) is 5.10 Å². The summed E-state index contributed by atoms with van der Waals surface area (Å²) in [6.45, 7) is 0.360. The van der Waals surface area contributed by atoms with Crippen LogP contribution < -0.4 is 14.9 Å². The molecule has 0 radical (unpaired) electrons. The average Bonchev–Trinajstić information content (AvgIpc) is 3.39. The monoisotopic (exact) mass is 537 g/mol. The van der Waals surface area contributed by atoms with Crippen LogP contribution in [-0.2, 0) is 6.61 Å². The molecule has 34 heavy (non-hydrogen) atoms. The van der Waals surface area contributed by atoms with Crippen LogP contribution in [0.4, 0.5) is 0 Å². The summed E-state index contributed by atoms with van der Waals surface area (Å²) < 4.78 is 14.1. The molecule has 0 aliphatic rings. The molecule has 4 aromatic rings. The van der Waals surface area contributed by atoms with E-state index in [4.69, 9.17) is 21.1 Å². The molecule has 3 aromatic carbocycles. The van der Waals surface area contributed by atoms with Gasteiger partial charge < -0.3 is 14.0 Å². The van der Waals surface area contributed by atoms with E-state index in [2.05, 4.69) is 26.5 Å². The van der Waals surface area contributed by atoms with Crippen molar-refractivity contribution < 1.29 is 14.3 Å². The van der Waals surface area contributed by atoms with Crippen molar-refractivity contribution in [3.8, 4) is 17.2 Å². The van der Waals surface area contributed by atoms with Gasteiger partial charge >= 0.3 is 0 Å². The van der Waals surface area contributed by atoms with Crippen molar-refractivity contribution in [3.63, 3.8) is 0 Å². The minimum atomic E-state index is -0.302. The maximum Gasteiger partial charge on any atom is 0.271 e. The predicted molar refractivity (Wildman–Crippen MR) is 137 cm³/mol. The van der Waals surface area contributed by atoms with E-state index in [1.54, 1.807) is 31.5 Å². The second kappa shape index (κ2) is 11.0. The van der Waals surface area contributed by atoms with Gasteiger partial charge in [-0.1, -0.05) is 23.7 Å². The zero-order valence-electron chi connectivity index (χ0n) is 18.2. The summed E-state index contributed by atoms with van der Waals surface area (Å²) in [5, 5.41) is 4.75. The Morgan fingerprint density at radius 2 is 1.79 bits per heavy atom. The molecule has 0 fully saturated rings. The summed E-state index contributed by atoms with van der Waals surface area (Å²) in [7, 11) is 1.57. The van der Waals surface area contributed by atoms with Crippen LogP contribution in [0.2, 0.25) is 5.02 Å². The van der Waals surface area contributed by atoms with Crippen molar-refractivity contribution >= 4 is 39.7 Å². The Bertz CT molecular complexity index is 1290. The van der Waals surface area contributed by atoms with Crippen LogP contribution >= 0.6 is 27.5 Å². The van der Waals surface area contributed by atoms with Crippen LogP contribution in [0, 0.1) is 0 Å². The molecule has 0 unspecified atom stereocenters. The SMILES string of the molecule is COc1cc(/C=N/NC(=O)c2ccc(-n3cccc3)cc2)cc(Br)c1OCc1ccc(Cl)cc1. The van der Waals surface area contributed by atoms with Gasteiger partial charge in [-0.05, 0) is 87.7 Å². The van der Waals surface area contributed by atoms with E-state index < -0.39 is 0 Å². The van der Waals surface area contributed by atoms with E-state index in [1.807, 2.05) is 71.6 Å². The van der Waals surface area contributed by atoms with Crippen LogP contribution in [0.1, 0.15) is 21.5 Å². The number of halogens is 2. The summed E-state index contributed by atoms with van der Waals surface area (Å²) in [5.41, 5.74) is 5.74. The van der Waals surface area contributed by atoms with Crippen molar-refractivity contribution in [2.24, 2.45) is 5.10 Å². The highest BCUT2D eigenvalue weighted by molar-refractivity contribution is 9.10. The highest BCUT2D eigenvalue weighted by Gasteiger charge is 2.12. The molecule has 1 N–H and O–H groups in total. The molecule has 0 bridgehead atoms. The quantitative estimate of drug-likeness (QED) is 0.213. The number of hydrazone groups is 1. The number of rotatable bonds is 8. The molecule has 0 spiro atoms. The zero-order chi connectivity index (χ0) is 23.9. The molecule has 1 amide bonds. The molecular weight excluding hydrogens is 518 g/mol. The lowest BCUT2D eigenvalue weighted by atomic mass is 10.2. The van der Waals surface area contributed by atoms with Gasteiger partial charge in [-0.25, -0.2) is 5.43 Å². The minimum Gasteiger partial charge on any atom is -0.493 e. The molecule has 1 aromatic heterocycles. The first-order chi connectivity index (χ1) is 16.5. The first kappa shape index (κ1) is 23.6. The smallest absolute Gasteiger partial charge is 0.271 e. The largest absolute Gasteiger partial charge is 0.493 e. The fraction of sp³-hybridized carbons (Fsp3) is 0.0769. The number of nitrogens with zero attached hydrogens (tertiary/aromatic N) is 2. The number of benzene rings is 3. The van der Waals surface area contributed by atoms with E-state index in [0.29, 0.717) is 33.2 Å². The fourth-order valence-electron chi connectivity index (χ4n) is 3.21. The maximum absolute atomic E-state index is 12.4. The summed E-state index contributed by atoms with van der Waals surface area (Å²) in [6.07, 6.45) is 5.43. The first-order valence-electron chi connectivity index (χ1n) is 10.3. The third-order valence-electron chi connectivity index (χ3n) is 4.96. The Hall–Kier alpha value is -3.55. The highest BCUT2D eigenvalue weighted by atomic mass is 79.9. The predicted octanol–water partition coefficient (Wildman–Crippen LogP) is 6.24. The number of carbonyl (C=O) groups excluding carboxylic acids is 1. The first-order valence-corrected chi connectivity index (χ1v) is 11.5. The highest BCUT2D eigenvalue weighted by Crippen LogP contribution is 2.37. The van der Waals surface area contributed by atoms with Crippen molar-refractivity contribution in [1.29, 1.82) is 0 Å². The molecule has 0 saturated heterocycles. The van der Waals surface area contributed by atoms with Crippen LogP contribution in [0.3, 0.4) is 0 Å². The van der Waals surface area contributed by atoms with Crippen molar-refractivity contribution in [2.45, 2.75) is 6.61 Å². The third-order valence-corrected chi connectivity index (χ3v) is 5.80. The summed E-state index contributed by atoms with van der Waals surface area (Å²) >= 11 is 9.46. The molecular formula is C26H21BrClN3O3. The maximum atomic E-state index is 12.4. The van der Waals surface area contributed by atoms with Crippen LogP contribution in [0.5, 0.6) is 11.5 Å². The van der Waals surface area contributed by atoms with Gasteiger partial charge in [-0.15, -0.1) is 0 Å². The molecule has 172 valence electrons. The van der Waals surface area contributed by atoms with Crippen LogP contribution in [-0.4, -0.2) is 23.8 Å². The topological polar surface area (TPSA) is 64.8 Å². The lowest BCUT2D eigenvalue weighted by Gasteiger charge is -2.13. The molecule has 0 aliphatic heterocycles. The number of aromatic nitrogens is 1. The Morgan fingerprint density at radius 1 is 1.09 bits per heavy atom. The molecule has 0 saturated carbocycles. The van der Waals surface area contributed by atoms with Gasteiger partial charge in [0, 0.05) is 28.7 Å². The summed E-state index contributed by atoms with van der Waals surface area (Å²) in [5.74, 6) is 0.808. The van der Waals surface area contributed by atoms with Crippen molar-refractivity contribution in [3.05, 3.63) is 111 Å². The Morgan fingerprint density at radius 3 is 2.47 bits per heavy atom. The molecule has 0 aliphatic carbocycles. The normalized spacial score (nSPS) is 10.9. The fourth-order valence-corrected chi connectivity index (χ4v) is 3.91. The second-order valence-electron chi connectivity index (χ2n) is 7.29. The van der Waals surface area contributed by atoms with E-state index in [1.165, 1.54) is 0 Å². The average molecular weight is 539 g/mol. The Labute approximate surface area is 210 Å². The van der Waals surface area contributed by atoms with Crippen molar-refractivity contribution in [2.75, 3.05) is 7.11 Å². The number of ether oxygens (including phenoxy) is 2. The van der Waals surface area contributed by atoms with Crippen LogP contribution in [0.15, 0.2) is 94.8 Å². The number of hydrogen-bond donors (Lipinski definition) is 1. The number of carbonyl (C=O) groups is 1. The van der Waals surface area contributed by atoms with Crippen LogP contribution in [0.25, 0.3) is 5.69 Å².